The third-order valence-electron chi connectivity index (χ3n) is 2.80. The molecule has 2 nitrogen and oxygen atoms in total. The van der Waals surface area contributed by atoms with E-state index in [1.807, 2.05) is 13.0 Å². The average molecular weight is 306 g/mol. The number of hydrogen-bond acceptors (Lipinski definition) is 2. The first-order valence-corrected chi connectivity index (χ1v) is 7.04. The second kappa shape index (κ2) is 8.68. The second-order valence-electron chi connectivity index (χ2n) is 5.18. The zero-order valence-electron chi connectivity index (χ0n) is 12.2. The highest BCUT2D eigenvalue weighted by Crippen LogP contribution is 2.33. The summed E-state index contributed by atoms with van der Waals surface area (Å²) < 4.78 is 5.77. The van der Waals surface area contributed by atoms with E-state index in [9.17, 15) is 0 Å². The molecule has 0 saturated heterocycles. The molecule has 0 heterocycles. The predicted octanol–water partition coefficient (Wildman–Crippen LogP) is 4.56. The van der Waals surface area contributed by atoms with Gasteiger partial charge in [-0.1, -0.05) is 38.4 Å². The van der Waals surface area contributed by atoms with Gasteiger partial charge in [-0.15, -0.1) is 12.4 Å². The van der Waals surface area contributed by atoms with Gasteiger partial charge in [-0.3, -0.25) is 0 Å². The van der Waals surface area contributed by atoms with Crippen molar-refractivity contribution in [2.45, 2.75) is 52.5 Å². The van der Waals surface area contributed by atoms with E-state index in [4.69, 9.17) is 22.1 Å². The van der Waals surface area contributed by atoms with E-state index in [1.165, 1.54) is 5.56 Å². The Hall–Kier alpha value is -0.440. The van der Waals surface area contributed by atoms with Gasteiger partial charge in [0.25, 0.3) is 0 Å². The lowest BCUT2D eigenvalue weighted by molar-refractivity contribution is 0.313. The van der Waals surface area contributed by atoms with Gasteiger partial charge < -0.3 is 10.5 Å². The minimum absolute atomic E-state index is 0. The average Bonchev–Trinajstić information content (AvgIpc) is 2.26. The molecule has 1 atom stereocenters. The van der Waals surface area contributed by atoms with Gasteiger partial charge >= 0.3 is 0 Å². The van der Waals surface area contributed by atoms with Crippen LogP contribution in [0.25, 0.3) is 0 Å². The molecule has 0 aliphatic carbocycles. The molecule has 0 aromatic heterocycles. The van der Waals surface area contributed by atoms with Gasteiger partial charge in [-0.05, 0) is 42.9 Å². The molecule has 2 N–H and O–H groups in total. The molecule has 1 aromatic rings. The zero-order chi connectivity index (χ0) is 13.7. The highest BCUT2D eigenvalue weighted by molar-refractivity contribution is 6.32. The lowest BCUT2D eigenvalue weighted by Crippen LogP contribution is -2.18. The molecule has 1 unspecified atom stereocenters. The molecule has 0 saturated carbocycles. The van der Waals surface area contributed by atoms with E-state index >= 15 is 0 Å². The summed E-state index contributed by atoms with van der Waals surface area (Å²) in [7, 11) is 0. The van der Waals surface area contributed by atoms with Crippen molar-refractivity contribution in [1.82, 2.24) is 0 Å². The molecule has 0 aliphatic rings. The van der Waals surface area contributed by atoms with Crippen LogP contribution < -0.4 is 10.5 Å². The summed E-state index contributed by atoms with van der Waals surface area (Å²) in [5.74, 6) is 1.26. The Morgan fingerprint density at radius 2 is 1.89 bits per heavy atom. The number of nitrogens with two attached hydrogens (primary N) is 1. The van der Waals surface area contributed by atoms with Gasteiger partial charge in [-0.25, -0.2) is 0 Å². The number of halogens is 2. The van der Waals surface area contributed by atoms with Crippen molar-refractivity contribution >= 4 is 24.0 Å². The van der Waals surface area contributed by atoms with Crippen LogP contribution >= 0.6 is 24.0 Å². The van der Waals surface area contributed by atoms with Gasteiger partial charge in [-0.2, -0.15) is 0 Å². The van der Waals surface area contributed by atoms with Crippen LogP contribution in [0.5, 0.6) is 5.75 Å². The normalized spacial score (nSPS) is 12.2. The Balaban J connectivity index is 0.00000324. The standard InChI is InChI=1S/C15H24ClNO.ClH/c1-5-6-18-15-13(7-11(4)17)8-12(10(2)3)9-14(15)16;/h8-11H,5-7,17H2,1-4H3;1H. The first-order chi connectivity index (χ1) is 8.45. The molecule has 0 aliphatic heterocycles. The summed E-state index contributed by atoms with van der Waals surface area (Å²) in [5, 5.41) is 0.699. The van der Waals surface area contributed by atoms with E-state index in [-0.39, 0.29) is 18.4 Å². The van der Waals surface area contributed by atoms with Gasteiger partial charge in [0.1, 0.15) is 5.75 Å². The fourth-order valence-corrected chi connectivity index (χ4v) is 2.17. The van der Waals surface area contributed by atoms with Crippen LogP contribution in [-0.2, 0) is 6.42 Å². The quantitative estimate of drug-likeness (QED) is 0.836. The summed E-state index contributed by atoms with van der Waals surface area (Å²) >= 11 is 6.33. The van der Waals surface area contributed by atoms with E-state index in [1.54, 1.807) is 0 Å². The topological polar surface area (TPSA) is 35.2 Å². The van der Waals surface area contributed by atoms with Crippen LogP contribution in [0, 0.1) is 0 Å². The highest BCUT2D eigenvalue weighted by atomic mass is 35.5. The monoisotopic (exact) mass is 305 g/mol. The second-order valence-corrected chi connectivity index (χ2v) is 5.58. The van der Waals surface area contributed by atoms with Gasteiger partial charge in [0.05, 0.1) is 11.6 Å². The summed E-state index contributed by atoms with van der Waals surface area (Å²) in [6.07, 6.45) is 1.76. The van der Waals surface area contributed by atoms with E-state index in [2.05, 4.69) is 26.8 Å². The first-order valence-electron chi connectivity index (χ1n) is 6.66. The van der Waals surface area contributed by atoms with Gasteiger partial charge in [0, 0.05) is 6.04 Å². The molecule has 0 bridgehead atoms. The van der Waals surface area contributed by atoms with Crippen molar-refractivity contribution in [3.63, 3.8) is 0 Å². The van der Waals surface area contributed by atoms with E-state index < -0.39 is 0 Å². The van der Waals surface area contributed by atoms with Crippen molar-refractivity contribution in [2.24, 2.45) is 5.73 Å². The molecule has 0 amide bonds. The number of ether oxygens (including phenoxy) is 1. The minimum atomic E-state index is 0. The maximum absolute atomic E-state index is 6.33. The lowest BCUT2D eigenvalue weighted by atomic mass is 9.97. The molecule has 1 aromatic carbocycles. The predicted molar refractivity (Wildman–Crippen MR) is 85.9 cm³/mol. The molecule has 110 valence electrons. The molecule has 4 heteroatoms. The zero-order valence-corrected chi connectivity index (χ0v) is 13.8. The number of rotatable bonds is 6. The fraction of sp³-hybridized carbons (Fsp3) is 0.600. The van der Waals surface area contributed by atoms with Crippen molar-refractivity contribution in [3.8, 4) is 5.75 Å². The third kappa shape index (κ3) is 5.60. The Morgan fingerprint density at radius 1 is 1.26 bits per heavy atom. The van der Waals surface area contributed by atoms with Gasteiger partial charge in [0.2, 0.25) is 0 Å². The molecular weight excluding hydrogens is 281 g/mol. The van der Waals surface area contributed by atoms with Gasteiger partial charge in [0.15, 0.2) is 0 Å². The minimum Gasteiger partial charge on any atom is -0.492 e. The molecule has 0 spiro atoms. The molecule has 19 heavy (non-hydrogen) atoms. The van der Waals surface area contributed by atoms with Crippen LogP contribution in [-0.4, -0.2) is 12.6 Å². The van der Waals surface area contributed by atoms with E-state index in [0.717, 1.165) is 24.2 Å². The Labute approximate surface area is 128 Å². The number of benzene rings is 1. The first kappa shape index (κ1) is 18.6. The molecular formula is C15H25Cl2NO. The van der Waals surface area contributed by atoms with Crippen LogP contribution in [0.4, 0.5) is 0 Å². The van der Waals surface area contributed by atoms with Crippen LogP contribution in [0.15, 0.2) is 12.1 Å². The van der Waals surface area contributed by atoms with E-state index in [0.29, 0.717) is 17.5 Å². The fourth-order valence-electron chi connectivity index (χ4n) is 1.87. The molecule has 0 fully saturated rings. The molecule has 1 rings (SSSR count). The lowest BCUT2D eigenvalue weighted by Gasteiger charge is -2.17. The number of hydrogen-bond donors (Lipinski definition) is 1. The Kier molecular flexibility index (Phi) is 8.47. The summed E-state index contributed by atoms with van der Waals surface area (Å²) in [6.45, 7) is 9.09. The Bertz CT molecular complexity index is 392. The third-order valence-corrected chi connectivity index (χ3v) is 3.08. The molecule has 0 radical (unpaired) electrons. The van der Waals surface area contributed by atoms with Crippen LogP contribution in [0.2, 0.25) is 5.02 Å². The summed E-state index contributed by atoms with van der Waals surface area (Å²) in [6, 6.07) is 4.28. The highest BCUT2D eigenvalue weighted by Gasteiger charge is 2.14. The van der Waals surface area contributed by atoms with Crippen LogP contribution in [0.3, 0.4) is 0 Å². The Morgan fingerprint density at radius 3 is 2.37 bits per heavy atom. The van der Waals surface area contributed by atoms with Crippen molar-refractivity contribution < 1.29 is 4.74 Å². The largest absolute Gasteiger partial charge is 0.492 e. The summed E-state index contributed by atoms with van der Waals surface area (Å²) in [4.78, 5) is 0. The maximum atomic E-state index is 6.33. The van der Waals surface area contributed by atoms with Crippen molar-refractivity contribution in [2.75, 3.05) is 6.61 Å². The SMILES string of the molecule is CCCOc1c(Cl)cc(C(C)C)cc1CC(C)N.Cl. The van der Waals surface area contributed by atoms with Crippen LogP contribution in [0.1, 0.15) is 51.2 Å². The van der Waals surface area contributed by atoms with Crippen molar-refractivity contribution in [1.29, 1.82) is 0 Å². The smallest absolute Gasteiger partial charge is 0.141 e. The maximum Gasteiger partial charge on any atom is 0.141 e. The summed E-state index contributed by atoms with van der Waals surface area (Å²) in [5.41, 5.74) is 8.26. The van der Waals surface area contributed by atoms with Crippen molar-refractivity contribution in [3.05, 3.63) is 28.3 Å².